The maximum atomic E-state index is 13.7. The number of aryl methyl sites for hydroxylation is 1. The Morgan fingerprint density at radius 3 is 2.76 bits per heavy atom. The van der Waals surface area contributed by atoms with Crippen LogP contribution in [0.25, 0.3) is 16.9 Å². The van der Waals surface area contributed by atoms with Crippen molar-refractivity contribution >= 4 is 0 Å². The molecule has 2 aliphatic heterocycles. The second-order valence-corrected chi connectivity index (χ2v) is 7.45. The molecule has 1 aromatic carbocycles. The molecule has 4 heterocycles. The summed E-state index contributed by atoms with van der Waals surface area (Å²) in [6.45, 7) is 1.91. The molecule has 8 heteroatoms. The Bertz CT molecular complexity index is 1080. The number of aromatic nitrogens is 4. The van der Waals surface area contributed by atoms with E-state index in [4.69, 9.17) is 4.74 Å². The van der Waals surface area contributed by atoms with Crippen molar-refractivity contribution in [2.75, 3.05) is 0 Å². The summed E-state index contributed by atoms with van der Waals surface area (Å²) in [7, 11) is 0. The maximum absolute atomic E-state index is 13.7. The number of halogens is 1. The Morgan fingerprint density at radius 2 is 2.07 bits per heavy atom. The topological polar surface area (TPSA) is 85.1 Å². The molecule has 2 aliphatic rings. The molecule has 3 atom stereocenters. The van der Waals surface area contributed by atoms with Gasteiger partial charge in [-0.25, -0.2) is 9.07 Å². The molecule has 0 aliphatic carbocycles. The van der Waals surface area contributed by atoms with Gasteiger partial charge in [-0.1, -0.05) is 0 Å². The van der Waals surface area contributed by atoms with Crippen LogP contribution in [0, 0.1) is 6.92 Å². The van der Waals surface area contributed by atoms with E-state index in [1.165, 1.54) is 0 Å². The van der Waals surface area contributed by atoms with Gasteiger partial charge in [-0.15, -0.1) is 10.2 Å². The van der Waals surface area contributed by atoms with Gasteiger partial charge < -0.3 is 15.2 Å². The highest BCUT2D eigenvalue weighted by Crippen LogP contribution is 2.32. The molecule has 148 valence electrons. The highest BCUT2D eigenvalue weighted by Gasteiger charge is 2.36. The summed E-state index contributed by atoms with van der Waals surface area (Å²) in [5.74, 6) is 0.380. The van der Waals surface area contributed by atoms with Gasteiger partial charge in [-0.05, 0) is 37.3 Å². The molecule has 29 heavy (non-hydrogen) atoms. The van der Waals surface area contributed by atoms with Gasteiger partial charge in [0.1, 0.15) is 17.7 Å². The van der Waals surface area contributed by atoms with Gasteiger partial charge in [-0.3, -0.25) is 0 Å². The maximum Gasteiger partial charge on any atom is 0.233 e. The molecule has 7 nitrogen and oxygen atoms in total. The number of phenolic OH excluding ortho intramolecular Hbond substituents is 1. The van der Waals surface area contributed by atoms with Gasteiger partial charge >= 0.3 is 0 Å². The van der Waals surface area contributed by atoms with E-state index >= 15 is 0 Å². The van der Waals surface area contributed by atoms with E-state index in [0.29, 0.717) is 30.0 Å². The Balaban J connectivity index is 1.30. The van der Waals surface area contributed by atoms with Crippen LogP contribution in [-0.4, -0.2) is 43.3 Å². The third-order valence-corrected chi connectivity index (χ3v) is 5.30. The van der Waals surface area contributed by atoms with Crippen LogP contribution in [0.2, 0.25) is 0 Å². The van der Waals surface area contributed by atoms with Crippen molar-refractivity contribution in [3.05, 3.63) is 60.2 Å². The standard InChI is InChI=1S/C21H20FN5O2/c1-12-6-7-27(26-12)14-2-3-16(20(28)10-14)18-4-5-21(25-24-18)29-15-8-13-9-17(22)19(11-15)23-13/h2-7,9-10,13,15,19,23,28H,8,11H2,1H3. The molecule has 1 saturated heterocycles. The molecule has 2 aromatic heterocycles. The van der Waals surface area contributed by atoms with Gasteiger partial charge in [0.05, 0.1) is 23.1 Å². The van der Waals surface area contributed by atoms with Crippen molar-refractivity contribution in [3.8, 4) is 28.6 Å². The molecule has 3 unspecified atom stereocenters. The average Bonchev–Trinajstić information content (AvgIpc) is 3.25. The number of hydrogen-bond acceptors (Lipinski definition) is 6. The van der Waals surface area contributed by atoms with Crippen molar-refractivity contribution in [2.24, 2.45) is 0 Å². The summed E-state index contributed by atoms with van der Waals surface area (Å²) in [6.07, 6.45) is 4.62. The molecule has 0 spiro atoms. The van der Waals surface area contributed by atoms with E-state index in [9.17, 15) is 9.50 Å². The first kappa shape index (κ1) is 17.8. The van der Waals surface area contributed by atoms with Crippen LogP contribution in [0.15, 0.2) is 54.5 Å². The number of hydrogen-bond donors (Lipinski definition) is 2. The average molecular weight is 393 g/mol. The minimum absolute atomic E-state index is 0.0139. The molecule has 2 N–H and O–H groups in total. The molecule has 3 aromatic rings. The molecule has 2 bridgehead atoms. The lowest BCUT2D eigenvalue weighted by Gasteiger charge is -2.29. The van der Waals surface area contributed by atoms with Crippen LogP contribution < -0.4 is 10.1 Å². The summed E-state index contributed by atoms with van der Waals surface area (Å²) in [6, 6.07) is 10.4. The molecule has 0 saturated carbocycles. The van der Waals surface area contributed by atoms with Gasteiger partial charge in [0.25, 0.3) is 0 Å². The number of nitrogens with zero attached hydrogens (tertiary/aromatic N) is 4. The Hall–Kier alpha value is -3.26. The van der Waals surface area contributed by atoms with Gasteiger partial charge in [0.2, 0.25) is 5.88 Å². The first-order chi connectivity index (χ1) is 14.0. The summed E-state index contributed by atoms with van der Waals surface area (Å²) in [5, 5.41) is 26.3. The predicted molar refractivity (Wildman–Crippen MR) is 105 cm³/mol. The highest BCUT2D eigenvalue weighted by atomic mass is 19.1. The number of fused-ring (bicyclic) bond motifs is 2. The van der Waals surface area contributed by atoms with E-state index in [2.05, 4.69) is 20.6 Å². The zero-order chi connectivity index (χ0) is 20.0. The van der Waals surface area contributed by atoms with Crippen LogP contribution in [0.3, 0.4) is 0 Å². The summed E-state index contributed by atoms with van der Waals surface area (Å²) in [4.78, 5) is 0. The third kappa shape index (κ3) is 3.47. The van der Waals surface area contributed by atoms with Crippen LogP contribution in [0.1, 0.15) is 18.5 Å². The van der Waals surface area contributed by atoms with Crippen LogP contribution in [-0.2, 0) is 0 Å². The fourth-order valence-corrected chi connectivity index (χ4v) is 3.89. The van der Waals surface area contributed by atoms with E-state index in [1.807, 2.05) is 25.3 Å². The minimum atomic E-state index is -0.264. The quantitative estimate of drug-likeness (QED) is 0.709. The minimum Gasteiger partial charge on any atom is -0.507 e. The molecule has 1 fully saturated rings. The van der Waals surface area contributed by atoms with Crippen LogP contribution in [0.4, 0.5) is 4.39 Å². The Kier molecular flexibility index (Phi) is 4.28. The summed E-state index contributed by atoms with van der Waals surface area (Å²) in [5.41, 5.74) is 2.77. The van der Waals surface area contributed by atoms with Crippen molar-refractivity contribution in [3.63, 3.8) is 0 Å². The monoisotopic (exact) mass is 393 g/mol. The van der Waals surface area contributed by atoms with Gasteiger partial charge in [0.15, 0.2) is 0 Å². The molecular weight excluding hydrogens is 373 g/mol. The number of benzene rings is 1. The Labute approximate surface area is 166 Å². The second kappa shape index (κ2) is 6.97. The number of nitrogens with one attached hydrogen (secondary N) is 1. The first-order valence-corrected chi connectivity index (χ1v) is 9.55. The number of phenols is 1. The predicted octanol–water partition coefficient (Wildman–Crippen LogP) is 3.08. The lowest BCUT2D eigenvalue weighted by atomic mass is 10.0. The van der Waals surface area contributed by atoms with Gasteiger partial charge in [0, 0.05) is 42.8 Å². The molecule has 5 rings (SSSR count). The fourth-order valence-electron chi connectivity index (χ4n) is 3.89. The molecule has 0 amide bonds. The third-order valence-electron chi connectivity index (χ3n) is 5.30. The lowest BCUT2D eigenvalue weighted by Crippen LogP contribution is -2.44. The van der Waals surface area contributed by atoms with Crippen LogP contribution in [0.5, 0.6) is 11.6 Å². The number of ether oxygens (including phenoxy) is 1. The van der Waals surface area contributed by atoms with Crippen LogP contribution >= 0.6 is 0 Å². The largest absolute Gasteiger partial charge is 0.507 e. The van der Waals surface area contributed by atoms with E-state index < -0.39 is 0 Å². The normalized spacial score (nSPS) is 23.1. The van der Waals surface area contributed by atoms with Crippen molar-refractivity contribution < 1.29 is 14.2 Å². The summed E-state index contributed by atoms with van der Waals surface area (Å²) >= 11 is 0. The zero-order valence-corrected chi connectivity index (χ0v) is 15.8. The van der Waals surface area contributed by atoms with Crippen molar-refractivity contribution in [1.29, 1.82) is 0 Å². The van der Waals surface area contributed by atoms with Gasteiger partial charge in [-0.2, -0.15) is 5.10 Å². The lowest BCUT2D eigenvalue weighted by molar-refractivity contribution is 0.131. The fraction of sp³-hybridized carbons (Fsp3) is 0.286. The highest BCUT2D eigenvalue weighted by molar-refractivity contribution is 5.68. The smallest absolute Gasteiger partial charge is 0.233 e. The zero-order valence-electron chi connectivity index (χ0n) is 15.8. The van der Waals surface area contributed by atoms with E-state index in [-0.39, 0.29) is 29.8 Å². The number of piperidine rings is 1. The van der Waals surface area contributed by atoms with Crippen molar-refractivity contribution in [2.45, 2.75) is 38.0 Å². The number of aromatic hydroxyl groups is 1. The Morgan fingerprint density at radius 1 is 1.17 bits per heavy atom. The van der Waals surface area contributed by atoms with E-state index in [0.717, 1.165) is 11.4 Å². The van der Waals surface area contributed by atoms with Crippen molar-refractivity contribution in [1.82, 2.24) is 25.3 Å². The molecule has 0 radical (unpaired) electrons. The second-order valence-electron chi connectivity index (χ2n) is 7.45. The SMILES string of the molecule is Cc1ccn(-c2ccc(-c3ccc(OC4CC5C=C(F)C(C4)N5)nn3)c(O)c2)n1. The summed E-state index contributed by atoms with van der Waals surface area (Å²) < 4.78 is 21.3. The molecular formula is C21H20FN5O2. The van der Waals surface area contributed by atoms with E-state index in [1.54, 1.807) is 35.0 Å². The number of rotatable bonds is 4. The first-order valence-electron chi connectivity index (χ1n) is 9.55.